The van der Waals surface area contributed by atoms with E-state index < -0.39 is 0 Å². The van der Waals surface area contributed by atoms with Crippen LogP contribution in [0.1, 0.15) is 22.3 Å². The third kappa shape index (κ3) is 5.88. The number of anilines is 1. The van der Waals surface area contributed by atoms with E-state index in [9.17, 15) is 4.79 Å². The summed E-state index contributed by atoms with van der Waals surface area (Å²) in [6.07, 6.45) is 3.21. The second kappa shape index (κ2) is 9.99. The zero-order valence-electron chi connectivity index (χ0n) is 17.2. The van der Waals surface area contributed by atoms with E-state index in [0.29, 0.717) is 23.1 Å². The third-order valence-corrected chi connectivity index (χ3v) is 4.68. The highest BCUT2D eigenvalue weighted by atomic mass is 35.5. The van der Waals surface area contributed by atoms with Crippen LogP contribution < -0.4 is 14.8 Å². The molecule has 0 atom stereocenters. The smallest absolute Gasteiger partial charge is 0.248 e. The van der Waals surface area contributed by atoms with Crippen LogP contribution in [0.3, 0.4) is 0 Å². The number of nitrogens with one attached hydrogen (secondary N) is 1. The lowest BCUT2D eigenvalue weighted by atomic mass is 10.1. The fourth-order valence-corrected chi connectivity index (χ4v) is 3.24. The molecule has 1 N–H and O–H groups in total. The lowest BCUT2D eigenvalue weighted by molar-refractivity contribution is -0.111. The Labute approximate surface area is 182 Å². The SMILES string of the molecule is COc1cccc(/C=C/C(=O)Nc2cc(C)cc(C)c2)c1OCc1ccc(Cl)cc1. The third-order valence-electron chi connectivity index (χ3n) is 4.43. The van der Waals surface area contributed by atoms with Gasteiger partial charge in [0.05, 0.1) is 7.11 Å². The van der Waals surface area contributed by atoms with Crippen LogP contribution in [0.2, 0.25) is 5.02 Å². The zero-order valence-corrected chi connectivity index (χ0v) is 18.0. The molecular formula is C25H24ClNO3. The highest BCUT2D eigenvalue weighted by Gasteiger charge is 2.10. The lowest BCUT2D eigenvalue weighted by Gasteiger charge is -2.13. The van der Waals surface area contributed by atoms with Gasteiger partial charge in [-0.1, -0.05) is 41.9 Å². The number of methoxy groups -OCH3 is 1. The van der Waals surface area contributed by atoms with Gasteiger partial charge in [0.2, 0.25) is 5.91 Å². The summed E-state index contributed by atoms with van der Waals surface area (Å²) < 4.78 is 11.5. The van der Waals surface area contributed by atoms with E-state index in [1.807, 2.05) is 68.4 Å². The summed E-state index contributed by atoms with van der Waals surface area (Å²) in [5.41, 5.74) is 4.69. The van der Waals surface area contributed by atoms with Crippen LogP contribution in [-0.4, -0.2) is 13.0 Å². The maximum Gasteiger partial charge on any atom is 0.248 e. The van der Waals surface area contributed by atoms with Crippen molar-refractivity contribution in [3.63, 3.8) is 0 Å². The first-order chi connectivity index (χ1) is 14.4. The number of amides is 1. The fourth-order valence-electron chi connectivity index (χ4n) is 3.11. The van der Waals surface area contributed by atoms with Crippen LogP contribution in [0.15, 0.2) is 66.7 Å². The van der Waals surface area contributed by atoms with Gasteiger partial charge in [-0.25, -0.2) is 0 Å². The first-order valence-electron chi connectivity index (χ1n) is 9.56. The molecule has 0 radical (unpaired) electrons. The Morgan fingerprint density at radius 1 is 1.03 bits per heavy atom. The fraction of sp³-hybridized carbons (Fsp3) is 0.160. The van der Waals surface area contributed by atoms with E-state index in [2.05, 4.69) is 11.4 Å². The molecule has 0 spiro atoms. The number of aryl methyl sites for hydroxylation is 2. The van der Waals surface area contributed by atoms with Gasteiger partial charge in [0.1, 0.15) is 6.61 Å². The monoisotopic (exact) mass is 421 g/mol. The highest BCUT2D eigenvalue weighted by Crippen LogP contribution is 2.33. The van der Waals surface area contributed by atoms with Crippen LogP contribution in [-0.2, 0) is 11.4 Å². The van der Waals surface area contributed by atoms with Crippen LogP contribution in [0.4, 0.5) is 5.69 Å². The Kier molecular flexibility index (Phi) is 7.15. The number of carbonyl (C=O) groups excluding carboxylic acids is 1. The summed E-state index contributed by atoms with van der Waals surface area (Å²) in [5.74, 6) is 0.956. The number of ether oxygens (including phenoxy) is 2. The maximum absolute atomic E-state index is 12.4. The molecule has 0 aromatic heterocycles. The highest BCUT2D eigenvalue weighted by molar-refractivity contribution is 6.30. The van der Waals surface area contributed by atoms with E-state index >= 15 is 0 Å². The second-order valence-electron chi connectivity index (χ2n) is 6.99. The van der Waals surface area contributed by atoms with Crippen molar-refractivity contribution in [2.45, 2.75) is 20.5 Å². The van der Waals surface area contributed by atoms with Gasteiger partial charge in [-0.3, -0.25) is 4.79 Å². The molecule has 0 heterocycles. The molecule has 30 heavy (non-hydrogen) atoms. The average molecular weight is 422 g/mol. The van der Waals surface area contributed by atoms with Crippen LogP contribution in [0.5, 0.6) is 11.5 Å². The quantitative estimate of drug-likeness (QED) is 0.462. The minimum atomic E-state index is -0.216. The molecule has 0 unspecified atom stereocenters. The van der Waals surface area contributed by atoms with Crippen molar-refractivity contribution in [2.75, 3.05) is 12.4 Å². The minimum Gasteiger partial charge on any atom is -0.493 e. The molecule has 0 fully saturated rings. The number of benzene rings is 3. The minimum absolute atomic E-state index is 0.216. The molecule has 3 aromatic rings. The molecule has 0 aliphatic carbocycles. The van der Waals surface area contributed by atoms with Crippen LogP contribution in [0, 0.1) is 13.8 Å². The molecule has 1 amide bonds. The van der Waals surface area contributed by atoms with Crippen molar-refractivity contribution in [1.82, 2.24) is 0 Å². The number of carbonyl (C=O) groups is 1. The summed E-state index contributed by atoms with van der Waals surface area (Å²) in [6.45, 7) is 4.35. The normalized spacial score (nSPS) is 10.8. The summed E-state index contributed by atoms with van der Waals surface area (Å²) >= 11 is 5.94. The Morgan fingerprint density at radius 2 is 1.73 bits per heavy atom. The van der Waals surface area contributed by atoms with Crippen LogP contribution >= 0.6 is 11.6 Å². The van der Waals surface area contributed by atoms with Crippen molar-refractivity contribution in [3.05, 3.63) is 94.0 Å². The standard InChI is InChI=1S/C25H24ClNO3/c1-17-13-18(2)15-22(14-17)27-24(28)12-9-20-5-4-6-23(29-3)25(20)30-16-19-7-10-21(26)11-8-19/h4-15H,16H2,1-3H3,(H,27,28)/b12-9+. The molecule has 0 bridgehead atoms. The van der Waals surface area contributed by atoms with Gasteiger partial charge < -0.3 is 14.8 Å². The topological polar surface area (TPSA) is 47.6 Å². The Morgan fingerprint density at radius 3 is 2.40 bits per heavy atom. The van der Waals surface area contributed by atoms with Crippen molar-refractivity contribution >= 4 is 29.3 Å². The van der Waals surface area contributed by atoms with Gasteiger partial charge in [-0.2, -0.15) is 0 Å². The van der Waals surface area contributed by atoms with Gasteiger partial charge in [-0.05, 0) is 66.9 Å². The van der Waals surface area contributed by atoms with Gasteiger partial charge in [-0.15, -0.1) is 0 Å². The summed E-state index contributed by atoms with van der Waals surface area (Å²) in [4.78, 5) is 12.4. The van der Waals surface area contributed by atoms with Gasteiger partial charge in [0.15, 0.2) is 11.5 Å². The first-order valence-corrected chi connectivity index (χ1v) is 9.94. The van der Waals surface area contributed by atoms with Crippen molar-refractivity contribution < 1.29 is 14.3 Å². The number of hydrogen-bond donors (Lipinski definition) is 1. The van der Waals surface area contributed by atoms with Crippen molar-refractivity contribution in [1.29, 1.82) is 0 Å². The maximum atomic E-state index is 12.4. The summed E-state index contributed by atoms with van der Waals surface area (Å²) in [5, 5.41) is 3.57. The molecule has 3 aromatic carbocycles. The van der Waals surface area contributed by atoms with Crippen molar-refractivity contribution in [3.8, 4) is 11.5 Å². The molecule has 4 nitrogen and oxygen atoms in total. The second-order valence-corrected chi connectivity index (χ2v) is 7.43. The van der Waals surface area contributed by atoms with Gasteiger partial charge in [0.25, 0.3) is 0 Å². The number of hydrogen-bond acceptors (Lipinski definition) is 3. The average Bonchev–Trinajstić information content (AvgIpc) is 2.71. The van der Waals surface area contributed by atoms with Gasteiger partial charge in [0, 0.05) is 22.3 Å². The van der Waals surface area contributed by atoms with Crippen LogP contribution in [0.25, 0.3) is 6.08 Å². The number of para-hydroxylation sites is 1. The van der Waals surface area contributed by atoms with E-state index in [-0.39, 0.29) is 5.91 Å². The lowest BCUT2D eigenvalue weighted by Crippen LogP contribution is -2.08. The number of rotatable bonds is 7. The molecule has 0 aliphatic rings. The molecule has 0 aliphatic heterocycles. The van der Waals surface area contributed by atoms with Crippen molar-refractivity contribution in [2.24, 2.45) is 0 Å². The largest absolute Gasteiger partial charge is 0.493 e. The molecule has 0 saturated heterocycles. The predicted octanol–water partition coefficient (Wildman–Crippen LogP) is 6.20. The number of halogens is 1. The van der Waals surface area contributed by atoms with E-state index in [1.54, 1.807) is 13.2 Å². The Hall–Kier alpha value is -3.24. The molecule has 154 valence electrons. The summed E-state index contributed by atoms with van der Waals surface area (Å²) in [6, 6.07) is 18.9. The molecular weight excluding hydrogens is 398 g/mol. The van der Waals surface area contributed by atoms with E-state index in [1.165, 1.54) is 6.08 Å². The molecule has 5 heteroatoms. The molecule has 0 saturated carbocycles. The van der Waals surface area contributed by atoms with E-state index in [0.717, 1.165) is 27.9 Å². The predicted molar refractivity (Wildman–Crippen MR) is 122 cm³/mol. The Bertz CT molecular complexity index is 1040. The first kappa shape index (κ1) is 21.5. The van der Waals surface area contributed by atoms with Gasteiger partial charge >= 0.3 is 0 Å². The Balaban J connectivity index is 1.75. The zero-order chi connectivity index (χ0) is 21.5. The summed E-state index contributed by atoms with van der Waals surface area (Å²) in [7, 11) is 1.59. The molecule has 3 rings (SSSR count). The van der Waals surface area contributed by atoms with E-state index in [4.69, 9.17) is 21.1 Å².